The number of nitrogens with one attached hydrogen (secondary N) is 1. The summed E-state index contributed by atoms with van der Waals surface area (Å²) in [4.78, 5) is 0. The molecule has 1 fully saturated rings. The van der Waals surface area contributed by atoms with Gasteiger partial charge in [0.15, 0.2) is 0 Å². The molecule has 0 aromatic heterocycles. The summed E-state index contributed by atoms with van der Waals surface area (Å²) in [6.45, 7) is 7.01. The molecule has 0 aromatic rings. The Morgan fingerprint density at radius 3 is 2.86 bits per heavy atom. The number of hydrogen-bond donors (Lipinski definition) is 1. The van der Waals surface area contributed by atoms with E-state index in [9.17, 15) is 0 Å². The van der Waals surface area contributed by atoms with E-state index in [4.69, 9.17) is 5.41 Å². The van der Waals surface area contributed by atoms with E-state index in [-0.39, 0.29) is 5.41 Å². The Morgan fingerprint density at radius 2 is 2.14 bits per heavy atom. The van der Waals surface area contributed by atoms with Gasteiger partial charge in [-0.05, 0) is 36.8 Å². The fourth-order valence-electron chi connectivity index (χ4n) is 2.77. The van der Waals surface area contributed by atoms with Crippen molar-refractivity contribution in [2.24, 2.45) is 17.3 Å². The van der Waals surface area contributed by atoms with Gasteiger partial charge < -0.3 is 5.41 Å². The van der Waals surface area contributed by atoms with E-state index in [0.29, 0.717) is 11.6 Å². The lowest BCUT2D eigenvalue weighted by atomic mass is 9.60. The van der Waals surface area contributed by atoms with Crippen molar-refractivity contribution >= 4 is 5.71 Å². The molecular weight excluding hydrogens is 170 g/mol. The molecule has 3 atom stereocenters. The number of hydrogen-bond acceptors (Lipinski definition) is 1. The van der Waals surface area contributed by atoms with E-state index < -0.39 is 0 Å². The highest BCUT2D eigenvalue weighted by atomic mass is 14.5. The highest BCUT2D eigenvalue weighted by Crippen LogP contribution is 2.49. The molecule has 0 aromatic carbocycles. The van der Waals surface area contributed by atoms with Crippen LogP contribution in [0.2, 0.25) is 0 Å². The Morgan fingerprint density at radius 1 is 1.43 bits per heavy atom. The Labute approximate surface area is 86.4 Å². The Bertz CT molecular complexity index is 324. The van der Waals surface area contributed by atoms with Gasteiger partial charge in [0.2, 0.25) is 0 Å². The van der Waals surface area contributed by atoms with Crippen LogP contribution in [0.4, 0.5) is 0 Å². The minimum Gasteiger partial charge on any atom is -0.301 e. The molecule has 2 aliphatic carbocycles. The van der Waals surface area contributed by atoms with Crippen LogP contribution in [-0.4, -0.2) is 5.71 Å². The Hall–Kier alpha value is -0.850. The van der Waals surface area contributed by atoms with E-state index in [1.807, 2.05) is 6.08 Å². The highest BCUT2D eigenvalue weighted by molar-refractivity contribution is 6.03. The van der Waals surface area contributed by atoms with Crippen LogP contribution in [0.15, 0.2) is 23.8 Å². The molecule has 0 saturated heterocycles. The fraction of sp³-hybridized carbons (Fsp3) is 0.615. The predicted molar refractivity (Wildman–Crippen MR) is 60.6 cm³/mol. The standard InChI is InChI=1S/C13H19N/c1-9-4-5-11-8-12(14)6-7-13(11,3)10(9)2/h6-10,14H,4-5H2,1-3H3/t9?,10?,13-/m1/s1. The maximum atomic E-state index is 7.65. The first-order valence-corrected chi connectivity index (χ1v) is 5.53. The highest BCUT2D eigenvalue weighted by Gasteiger charge is 2.40. The van der Waals surface area contributed by atoms with Crippen LogP contribution in [0.5, 0.6) is 0 Å². The van der Waals surface area contributed by atoms with Crippen LogP contribution in [0.3, 0.4) is 0 Å². The summed E-state index contributed by atoms with van der Waals surface area (Å²) in [5, 5.41) is 7.65. The molecule has 0 bridgehead atoms. The van der Waals surface area contributed by atoms with Gasteiger partial charge in [0.05, 0.1) is 5.71 Å². The van der Waals surface area contributed by atoms with Crippen molar-refractivity contribution < 1.29 is 0 Å². The second-order valence-electron chi connectivity index (χ2n) is 5.05. The second-order valence-corrected chi connectivity index (χ2v) is 5.05. The molecular formula is C13H19N. The van der Waals surface area contributed by atoms with E-state index in [0.717, 1.165) is 5.92 Å². The molecule has 2 rings (SSSR count). The van der Waals surface area contributed by atoms with Gasteiger partial charge in [-0.25, -0.2) is 0 Å². The minimum atomic E-state index is 0.224. The van der Waals surface area contributed by atoms with Gasteiger partial charge in [-0.1, -0.05) is 32.4 Å². The SMILES string of the molecule is CC1CCC2=CC(=N)C=C[C@]2(C)C1C. The third-order valence-corrected chi connectivity index (χ3v) is 4.30. The Balaban J connectivity index is 2.39. The summed E-state index contributed by atoms with van der Waals surface area (Å²) in [5.74, 6) is 1.50. The molecule has 2 unspecified atom stereocenters. The lowest BCUT2D eigenvalue weighted by molar-refractivity contribution is 0.187. The largest absolute Gasteiger partial charge is 0.301 e. The molecule has 0 radical (unpaired) electrons. The van der Waals surface area contributed by atoms with Crippen molar-refractivity contribution in [3.05, 3.63) is 23.8 Å². The maximum absolute atomic E-state index is 7.65. The first-order chi connectivity index (χ1) is 6.54. The van der Waals surface area contributed by atoms with Gasteiger partial charge in [0, 0.05) is 5.41 Å². The normalized spacial score (nSPS) is 41.9. The van der Waals surface area contributed by atoms with E-state index >= 15 is 0 Å². The van der Waals surface area contributed by atoms with Crippen molar-refractivity contribution in [2.45, 2.75) is 33.6 Å². The fourth-order valence-corrected chi connectivity index (χ4v) is 2.77. The summed E-state index contributed by atoms with van der Waals surface area (Å²) >= 11 is 0. The van der Waals surface area contributed by atoms with Crippen LogP contribution in [0.1, 0.15) is 33.6 Å². The van der Waals surface area contributed by atoms with Crippen LogP contribution >= 0.6 is 0 Å². The number of fused-ring (bicyclic) bond motifs is 1. The molecule has 14 heavy (non-hydrogen) atoms. The monoisotopic (exact) mass is 189 g/mol. The van der Waals surface area contributed by atoms with Gasteiger partial charge in [0.1, 0.15) is 0 Å². The van der Waals surface area contributed by atoms with Crippen molar-refractivity contribution in [1.29, 1.82) is 5.41 Å². The zero-order chi connectivity index (χ0) is 10.3. The smallest absolute Gasteiger partial charge is 0.0536 e. The summed E-state index contributed by atoms with van der Waals surface area (Å²) in [6, 6.07) is 0. The van der Waals surface area contributed by atoms with E-state index in [1.54, 1.807) is 0 Å². The summed E-state index contributed by atoms with van der Waals surface area (Å²) in [7, 11) is 0. The van der Waals surface area contributed by atoms with E-state index in [1.165, 1.54) is 18.4 Å². The van der Waals surface area contributed by atoms with Gasteiger partial charge in [-0.3, -0.25) is 0 Å². The zero-order valence-corrected chi connectivity index (χ0v) is 9.30. The predicted octanol–water partition coefficient (Wildman–Crippen LogP) is 3.57. The first-order valence-electron chi connectivity index (χ1n) is 5.53. The van der Waals surface area contributed by atoms with Gasteiger partial charge in [0.25, 0.3) is 0 Å². The van der Waals surface area contributed by atoms with E-state index in [2.05, 4.69) is 32.9 Å². The average molecular weight is 189 g/mol. The minimum absolute atomic E-state index is 0.224. The molecule has 1 heteroatoms. The number of rotatable bonds is 0. The quantitative estimate of drug-likeness (QED) is 0.602. The van der Waals surface area contributed by atoms with Crippen molar-refractivity contribution in [3.8, 4) is 0 Å². The zero-order valence-electron chi connectivity index (χ0n) is 9.30. The van der Waals surface area contributed by atoms with Crippen LogP contribution in [0.25, 0.3) is 0 Å². The molecule has 1 nitrogen and oxygen atoms in total. The summed E-state index contributed by atoms with van der Waals surface area (Å²) < 4.78 is 0. The van der Waals surface area contributed by atoms with Gasteiger partial charge in [-0.15, -0.1) is 0 Å². The van der Waals surface area contributed by atoms with Crippen molar-refractivity contribution in [2.75, 3.05) is 0 Å². The second kappa shape index (κ2) is 3.08. The lowest BCUT2D eigenvalue weighted by Gasteiger charge is -2.45. The molecule has 0 aliphatic heterocycles. The molecule has 0 heterocycles. The molecule has 0 spiro atoms. The molecule has 1 N–H and O–H groups in total. The summed E-state index contributed by atoms with van der Waals surface area (Å²) in [6.07, 6.45) is 8.73. The molecule has 2 aliphatic rings. The van der Waals surface area contributed by atoms with Crippen LogP contribution in [-0.2, 0) is 0 Å². The van der Waals surface area contributed by atoms with Gasteiger partial charge in [-0.2, -0.15) is 0 Å². The maximum Gasteiger partial charge on any atom is 0.0536 e. The third kappa shape index (κ3) is 1.26. The Kier molecular flexibility index (Phi) is 2.13. The van der Waals surface area contributed by atoms with Gasteiger partial charge >= 0.3 is 0 Å². The number of allylic oxidation sites excluding steroid dienone is 4. The molecule has 1 saturated carbocycles. The van der Waals surface area contributed by atoms with Crippen molar-refractivity contribution in [1.82, 2.24) is 0 Å². The topological polar surface area (TPSA) is 23.9 Å². The molecule has 76 valence electrons. The summed E-state index contributed by atoms with van der Waals surface area (Å²) in [5.41, 5.74) is 2.36. The molecule has 0 amide bonds. The average Bonchev–Trinajstić information content (AvgIpc) is 2.16. The first kappa shape index (κ1) is 9.70. The van der Waals surface area contributed by atoms with Crippen LogP contribution < -0.4 is 0 Å². The third-order valence-electron chi connectivity index (χ3n) is 4.30. The van der Waals surface area contributed by atoms with Crippen molar-refractivity contribution in [3.63, 3.8) is 0 Å². The lowest BCUT2D eigenvalue weighted by Crippen LogP contribution is -2.36. The van der Waals surface area contributed by atoms with Crippen LogP contribution in [0, 0.1) is 22.7 Å².